The second kappa shape index (κ2) is 6.60. The van der Waals surface area contributed by atoms with E-state index in [0.29, 0.717) is 5.92 Å². The second-order valence-corrected chi connectivity index (χ2v) is 5.13. The van der Waals surface area contributed by atoms with Crippen molar-refractivity contribution in [1.29, 1.82) is 0 Å². The average molecular weight is 235 g/mol. The van der Waals surface area contributed by atoms with Crippen LogP contribution >= 0.6 is 0 Å². The highest BCUT2D eigenvalue weighted by Gasteiger charge is 2.11. The van der Waals surface area contributed by atoms with Gasteiger partial charge in [0.1, 0.15) is 5.82 Å². The van der Waals surface area contributed by atoms with Crippen molar-refractivity contribution in [2.75, 3.05) is 18.5 Å². The first-order valence-electron chi connectivity index (χ1n) is 6.45. The molecule has 0 spiro atoms. The van der Waals surface area contributed by atoms with E-state index in [-0.39, 0.29) is 6.04 Å². The molecular formula is C14H25N3. The van der Waals surface area contributed by atoms with Crippen LogP contribution in [0.1, 0.15) is 32.8 Å². The van der Waals surface area contributed by atoms with Gasteiger partial charge in [-0.25, -0.2) is 4.98 Å². The van der Waals surface area contributed by atoms with E-state index < -0.39 is 0 Å². The number of hydrogen-bond acceptors (Lipinski definition) is 3. The molecule has 1 aromatic rings. The van der Waals surface area contributed by atoms with E-state index >= 15 is 0 Å². The summed E-state index contributed by atoms with van der Waals surface area (Å²) < 4.78 is 0. The summed E-state index contributed by atoms with van der Waals surface area (Å²) in [6.07, 6.45) is 3.76. The Labute approximate surface area is 105 Å². The Morgan fingerprint density at radius 1 is 1.41 bits per heavy atom. The van der Waals surface area contributed by atoms with Crippen molar-refractivity contribution < 1.29 is 0 Å². The third-order valence-electron chi connectivity index (χ3n) is 2.87. The number of hydrogen-bond donors (Lipinski definition) is 1. The standard InChI is InChI=1S/C14H25N3/c1-5-13(15)9-12-7-6-8-16-14(12)17(4)10-11(2)3/h6-8,11,13H,5,9-10,15H2,1-4H3. The van der Waals surface area contributed by atoms with Crippen molar-refractivity contribution in [1.82, 2.24) is 4.98 Å². The Morgan fingerprint density at radius 2 is 2.12 bits per heavy atom. The predicted molar refractivity (Wildman–Crippen MR) is 74.3 cm³/mol. The molecule has 1 rings (SSSR count). The molecule has 0 aromatic carbocycles. The Bertz CT molecular complexity index is 336. The molecule has 3 nitrogen and oxygen atoms in total. The minimum Gasteiger partial charge on any atom is -0.359 e. The summed E-state index contributed by atoms with van der Waals surface area (Å²) in [6, 6.07) is 4.35. The summed E-state index contributed by atoms with van der Waals surface area (Å²) in [6.45, 7) is 7.58. The summed E-state index contributed by atoms with van der Waals surface area (Å²) in [5.74, 6) is 1.71. The summed E-state index contributed by atoms with van der Waals surface area (Å²) in [7, 11) is 2.10. The molecule has 17 heavy (non-hydrogen) atoms. The van der Waals surface area contributed by atoms with Gasteiger partial charge in [-0.3, -0.25) is 0 Å². The monoisotopic (exact) mass is 235 g/mol. The SMILES string of the molecule is CCC(N)Cc1cccnc1N(C)CC(C)C. The van der Waals surface area contributed by atoms with Gasteiger partial charge in [0.25, 0.3) is 0 Å². The van der Waals surface area contributed by atoms with E-state index in [0.717, 1.165) is 25.2 Å². The van der Waals surface area contributed by atoms with Crippen LogP contribution in [0.5, 0.6) is 0 Å². The lowest BCUT2D eigenvalue weighted by Gasteiger charge is -2.23. The molecule has 0 saturated heterocycles. The first-order valence-corrected chi connectivity index (χ1v) is 6.45. The first kappa shape index (κ1) is 14.0. The number of nitrogens with two attached hydrogens (primary N) is 1. The Kier molecular flexibility index (Phi) is 5.42. The van der Waals surface area contributed by atoms with E-state index in [1.54, 1.807) is 0 Å². The summed E-state index contributed by atoms with van der Waals surface area (Å²) in [5.41, 5.74) is 7.28. The summed E-state index contributed by atoms with van der Waals surface area (Å²) in [5, 5.41) is 0. The fourth-order valence-electron chi connectivity index (χ4n) is 1.99. The maximum atomic E-state index is 6.03. The molecule has 1 atom stereocenters. The van der Waals surface area contributed by atoms with Gasteiger partial charge in [0.05, 0.1) is 0 Å². The van der Waals surface area contributed by atoms with Gasteiger partial charge in [0.2, 0.25) is 0 Å². The molecule has 2 N–H and O–H groups in total. The van der Waals surface area contributed by atoms with Crippen LogP contribution in [0.3, 0.4) is 0 Å². The number of rotatable bonds is 6. The van der Waals surface area contributed by atoms with Crippen molar-refractivity contribution in [3.8, 4) is 0 Å². The van der Waals surface area contributed by atoms with E-state index in [9.17, 15) is 0 Å². The molecule has 0 saturated carbocycles. The van der Waals surface area contributed by atoms with Crippen molar-refractivity contribution in [3.63, 3.8) is 0 Å². The minimum atomic E-state index is 0.227. The molecule has 1 aromatic heterocycles. The largest absolute Gasteiger partial charge is 0.359 e. The Morgan fingerprint density at radius 3 is 2.71 bits per heavy atom. The van der Waals surface area contributed by atoms with Crippen molar-refractivity contribution >= 4 is 5.82 Å². The van der Waals surface area contributed by atoms with Gasteiger partial charge in [-0.2, -0.15) is 0 Å². The average Bonchev–Trinajstić information content (AvgIpc) is 2.28. The van der Waals surface area contributed by atoms with Crippen LogP contribution in [0, 0.1) is 5.92 Å². The zero-order chi connectivity index (χ0) is 12.8. The van der Waals surface area contributed by atoms with Crippen molar-refractivity contribution in [2.45, 2.75) is 39.7 Å². The number of anilines is 1. The number of aromatic nitrogens is 1. The lowest BCUT2D eigenvalue weighted by atomic mass is 10.0. The molecular weight excluding hydrogens is 210 g/mol. The number of nitrogens with zero attached hydrogens (tertiary/aromatic N) is 2. The zero-order valence-corrected chi connectivity index (χ0v) is 11.5. The molecule has 0 aliphatic rings. The molecule has 0 radical (unpaired) electrons. The van der Waals surface area contributed by atoms with Gasteiger partial charge in [-0.15, -0.1) is 0 Å². The topological polar surface area (TPSA) is 42.1 Å². The third-order valence-corrected chi connectivity index (χ3v) is 2.87. The molecule has 0 amide bonds. The molecule has 96 valence electrons. The molecule has 3 heteroatoms. The summed E-state index contributed by atoms with van der Waals surface area (Å²) >= 11 is 0. The van der Waals surface area contributed by atoms with Crippen LogP contribution in [-0.4, -0.2) is 24.6 Å². The second-order valence-electron chi connectivity index (χ2n) is 5.13. The van der Waals surface area contributed by atoms with E-state index in [4.69, 9.17) is 5.73 Å². The Balaban J connectivity index is 2.83. The molecule has 0 aliphatic carbocycles. The highest BCUT2D eigenvalue weighted by molar-refractivity contribution is 5.46. The minimum absolute atomic E-state index is 0.227. The summed E-state index contributed by atoms with van der Waals surface area (Å²) in [4.78, 5) is 6.71. The quantitative estimate of drug-likeness (QED) is 0.823. The van der Waals surface area contributed by atoms with Crippen molar-refractivity contribution in [2.24, 2.45) is 11.7 Å². The molecule has 1 unspecified atom stereocenters. The highest BCUT2D eigenvalue weighted by Crippen LogP contribution is 2.18. The molecule has 0 bridgehead atoms. The first-order chi connectivity index (χ1) is 8.04. The van der Waals surface area contributed by atoms with Gasteiger partial charge < -0.3 is 10.6 Å². The Hall–Kier alpha value is -1.09. The van der Waals surface area contributed by atoms with Crippen molar-refractivity contribution in [3.05, 3.63) is 23.9 Å². The van der Waals surface area contributed by atoms with Crippen LogP contribution in [0.15, 0.2) is 18.3 Å². The van der Waals surface area contributed by atoms with E-state index in [1.807, 2.05) is 12.3 Å². The van der Waals surface area contributed by atoms with Gasteiger partial charge >= 0.3 is 0 Å². The van der Waals surface area contributed by atoms with Crippen LogP contribution in [0.4, 0.5) is 5.82 Å². The van der Waals surface area contributed by atoms with Gasteiger partial charge in [-0.05, 0) is 30.4 Å². The van der Waals surface area contributed by atoms with Gasteiger partial charge in [-0.1, -0.05) is 26.8 Å². The number of pyridine rings is 1. The van der Waals surface area contributed by atoms with Crippen LogP contribution in [-0.2, 0) is 6.42 Å². The maximum absolute atomic E-state index is 6.03. The normalized spacial score (nSPS) is 12.8. The van der Waals surface area contributed by atoms with Gasteiger partial charge in [0.15, 0.2) is 0 Å². The molecule has 0 fully saturated rings. The van der Waals surface area contributed by atoms with E-state index in [2.05, 4.69) is 43.8 Å². The predicted octanol–water partition coefficient (Wildman–Crippen LogP) is 2.45. The maximum Gasteiger partial charge on any atom is 0.131 e. The van der Waals surface area contributed by atoms with Crippen LogP contribution < -0.4 is 10.6 Å². The van der Waals surface area contributed by atoms with Crippen LogP contribution in [0.2, 0.25) is 0 Å². The molecule has 0 aliphatic heterocycles. The van der Waals surface area contributed by atoms with E-state index in [1.165, 1.54) is 5.56 Å². The lowest BCUT2D eigenvalue weighted by molar-refractivity contribution is 0.622. The zero-order valence-electron chi connectivity index (χ0n) is 11.5. The highest BCUT2D eigenvalue weighted by atomic mass is 15.2. The van der Waals surface area contributed by atoms with Gasteiger partial charge in [0, 0.05) is 25.8 Å². The smallest absolute Gasteiger partial charge is 0.131 e. The third kappa shape index (κ3) is 4.35. The van der Waals surface area contributed by atoms with Crippen LogP contribution in [0.25, 0.3) is 0 Å². The fraction of sp³-hybridized carbons (Fsp3) is 0.643. The fourth-order valence-corrected chi connectivity index (χ4v) is 1.99. The molecule has 1 heterocycles. The lowest BCUT2D eigenvalue weighted by Crippen LogP contribution is -2.27.